The standard InChI is InChI=1S/C16H23NO3/c1-19-13-7-4-8-14(20-2)15(13)16(18)9-11-5-3-6-12(10-16)17-11/h4,7-8,11-12,17-18H,3,5-6,9-10H2,1-2H3. The number of ether oxygens (including phenoxy) is 2. The number of fused-ring (bicyclic) bond motifs is 2. The number of aliphatic hydroxyl groups is 1. The molecular formula is C16H23NO3. The molecule has 0 radical (unpaired) electrons. The van der Waals surface area contributed by atoms with Gasteiger partial charge in [0.25, 0.3) is 0 Å². The van der Waals surface area contributed by atoms with Crippen LogP contribution in [0.1, 0.15) is 37.7 Å². The molecule has 110 valence electrons. The third kappa shape index (κ3) is 2.27. The Labute approximate surface area is 120 Å². The van der Waals surface area contributed by atoms with Gasteiger partial charge >= 0.3 is 0 Å². The SMILES string of the molecule is COc1cccc(OC)c1C1(O)CC2CCCC(C1)N2. The van der Waals surface area contributed by atoms with Crippen LogP contribution in [0.5, 0.6) is 11.5 Å². The van der Waals surface area contributed by atoms with E-state index in [0.29, 0.717) is 23.6 Å². The van der Waals surface area contributed by atoms with Gasteiger partial charge in [-0.2, -0.15) is 0 Å². The highest BCUT2D eigenvalue weighted by atomic mass is 16.5. The Morgan fingerprint density at radius 2 is 1.65 bits per heavy atom. The van der Waals surface area contributed by atoms with Crippen molar-refractivity contribution in [2.24, 2.45) is 0 Å². The molecule has 2 unspecified atom stereocenters. The van der Waals surface area contributed by atoms with Gasteiger partial charge in [-0.1, -0.05) is 12.5 Å². The maximum absolute atomic E-state index is 11.3. The van der Waals surface area contributed by atoms with Crippen LogP contribution in [0.3, 0.4) is 0 Å². The van der Waals surface area contributed by atoms with Gasteiger partial charge in [0.1, 0.15) is 11.5 Å². The monoisotopic (exact) mass is 277 g/mol. The van der Waals surface area contributed by atoms with Crippen LogP contribution in [0.2, 0.25) is 0 Å². The summed E-state index contributed by atoms with van der Waals surface area (Å²) in [6.45, 7) is 0. The number of hydrogen-bond donors (Lipinski definition) is 2. The summed E-state index contributed by atoms with van der Waals surface area (Å²) in [5.74, 6) is 1.43. The largest absolute Gasteiger partial charge is 0.496 e. The summed E-state index contributed by atoms with van der Waals surface area (Å²) in [7, 11) is 3.28. The van der Waals surface area contributed by atoms with E-state index in [1.54, 1.807) is 14.2 Å². The van der Waals surface area contributed by atoms with E-state index in [1.807, 2.05) is 18.2 Å². The Bertz CT molecular complexity index is 454. The third-order valence-electron chi connectivity index (χ3n) is 4.64. The Balaban J connectivity index is 2.02. The summed E-state index contributed by atoms with van der Waals surface area (Å²) >= 11 is 0. The van der Waals surface area contributed by atoms with Crippen molar-refractivity contribution in [2.75, 3.05) is 14.2 Å². The van der Waals surface area contributed by atoms with E-state index >= 15 is 0 Å². The van der Waals surface area contributed by atoms with Crippen LogP contribution in [0, 0.1) is 0 Å². The first-order valence-electron chi connectivity index (χ1n) is 7.36. The zero-order valence-corrected chi connectivity index (χ0v) is 12.2. The second-order valence-corrected chi connectivity index (χ2v) is 5.97. The Hall–Kier alpha value is -1.26. The normalized spacial score (nSPS) is 32.8. The van der Waals surface area contributed by atoms with Crippen LogP contribution in [0.4, 0.5) is 0 Å². The minimum absolute atomic E-state index is 0.391. The number of methoxy groups -OCH3 is 2. The van der Waals surface area contributed by atoms with Crippen molar-refractivity contribution < 1.29 is 14.6 Å². The van der Waals surface area contributed by atoms with Gasteiger partial charge in [0.05, 0.1) is 25.4 Å². The van der Waals surface area contributed by atoms with Crippen molar-refractivity contribution in [1.29, 1.82) is 0 Å². The molecule has 2 atom stereocenters. The lowest BCUT2D eigenvalue weighted by molar-refractivity contribution is -0.0388. The molecule has 0 saturated carbocycles. The Morgan fingerprint density at radius 3 is 2.15 bits per heavy atom. The smallest absolute Gasteiger partial charge is 0.128 e. The molecule has 2 bridgehead atoms. The number of nitrogens with one attached hydrogen (secondary N) is 1. The van der Waals surface area contributed by atoms with E-state index in [0.717, 1.165) is 31.2 Å². The molecule has 2 aliphatic heterocycles. The van der Waals surface area contributed by atoms with E-state index in [4.69, 9.17) is 9.47 Å². The maximum atomic E-state index is 11.3. The zero-order chi connectivity index (χ0) is 14.2. The lowest BCUT2D eigenvalue weighted by Crippen LogP contribution is -2.54. The summed E-state index contributed by atoms with van der Waals surface area (Å²) in [6, 6.07) is 6.47. The average molecular weight is 277 g/mol. The number of hydrogen-bond acceptors (Lipinski definition) is 4. The molecule has 2 heterocycles. The first kappa shape index (κ1) is 13.7. The zero-order valence-electron chi connectivity index (χ0n) is 12.2. The summed E-state index contributed by atoms with van der Waals surface area (Å²) in [6.07, 6.45) is 4.97. The fourth-order valence-electron chi connectivity index (χ4n) is 3.85. The molecule has 2 N–H and O–H groups in total. The van der Waals surface area contributed by atoms with Crippen molar-refractivity contribution in [3.63, 3.8) is 0 Å². The Morgan fingerprint density at radius 1 is 1.10 bits per heavy atom. The van der Waals surface area contributed by atoms with Crippen molar-refractivity contribution in [3.8, 4) is 11.5 Å². The van der Waals surface area contributed by atoms with Gasteiger partial charge in [0.15, 0.2) is 0 Å². The van der Waals surface area contributed by atoms with Crippen molar-refractivity contribution in [1.82, 2.24) is 5.32 Å². The first-order valence-corrected chi connectivity index (χ1v) is 7.36. The van der Waals surface area contributed by atoms with E-state index in [9.17, 15) is 5.11 Å². The summed E-state index contributed by atoms with van der Waals surface area (Å²) in [4.78, 5) is 0. The molecule has 4 nitrogen and oxygen atoms in total. The number of rotatable bonds is 3. The van der Waals surface area contributed by atoms with Crippen molar-refractivity contribution >= 4 is 0 Å². The lowest BCUT2D eigenvalue weighted by Gasteiger charge is -2.46. The highest BCUT2D eigenvalue weighted by molar-refractivity contribution is 5.49. The minimum Gasteiger partial charge on any atom is -0.496 e. The highest BCUT2D eigenvalue weighted by Crippen LogP contribution is 2.46. The second kappa shape index (κ2) is 5.26. The molecular weight excluding hydrogens is 254 g/mol. The fraction of sp³-hybridized carbons (Fsp3) is 0.625. The van der Waals surface area contributed by atoms with Gasteiger partial charge in [-0.05, 0) is 37.8 Å². The molecule has 0 aromatic heterocycles. The van der Waals surface area contributed by atoms with Gasteiger partial charge in [0.2, 0.25) is 0 Å². The van der Waals surface area contributed by atoms with E-state index in [1.165, 1.54) is 6.42 Å². The molecule has 1 aromatic rings. The number of piperidine rings is 2. The molecule has 0 spiro atoms. The van der Waals surface area contributed by atoms with Crippen LogP contribution >= 0.6 is 0 Å². The summed E-state index contributed by atoms with van der Waals surface area (Å²) in [5, 5.41) is 14.9. The summed E-state index contributed by atoms with van der Waals surface area (Å²) in [5.41, 5.74) is -0.0534. The number of benzene rings is 1. The molecule has 2 aliphatic rings. The van der Waals surface area contributed by atoms with Gasteiger partial charge in [-0.15, -0.1) is 0 Å². The predicted molar refractivity (Wildman–Crippen MR) is 77.2 cm³/mol. The van der Waals surface area contributed by atoms with Crippen molar-refractivity contribution in [2.45, 2.75) is 49.8 Å². The Kier molecular flexibility index (Phi) is 3.61. The first-order chi connectivity index (χ1) is 9.66. The molecule has 1 aromatic carbocycles. The van der Waals surface area contributed by atoms with Crippen molar-refractivity contribution in [3.05, 3.63) is 23.8 Å². The van der Waals surface area contributed by atoms with Crippen LogP contribution in [0.25, 0.3) is 0 Å². The van der Waals surface area contributed by atoms with E-state index < -0.39 is 5.60 Å². The topological polar surface area (TPSA) is 50.7 Å². The van der Waals surface area contributed by atoms with Gasteiger partial charge in [0, 0.05) is 12.1 Å². The average Bonchev–Trinajstić information content (AvgIpc) is 2.45. The fourth-order valence-corrected chi connectivity index (χ4v) is 3.85. The molecule has 2 saturated heterocycles. The lowest BCUT2D eigenvalue weighted by atomic mass is 9.73. The molecule has 3 rings (SSSR count). The predicted octanol–water partition coefficient (Wildman–Crippen LogP) is 2.20. The molecule has 2 fully saturated rings. The highest BCUT2D eigenvalue weighted by Gasteiger charge is 2.44. The quantitative estimate of drug-likeness (QED) is 0.889. The van der Waals surface area contributed by atoms with E-state index in [2.05, 4.69) is 5.32 Å². The van der Waals surface area contributed by atoms with Crippen LogP contribution < -0.4 is 14.8 Å². The second-order valence-electron chi connectivity index (χ2n) is 5.97. The van der Waals surface area contributed by atoms with Gasteiger partial charge in [-0.25, -0.2) is 0 Å². The molecule has 0 aliphatic carbocycles. The minimum atomic E-state index is -0.862. The van der Waals surface area contributed by atoms with Gasteiger partial charge < -0.3 is 19.9 Å². The van der Waals surface area contributed by atoms with Crippen LogP contribution in [-0.4, -0.2) is 31.4 Å². The van der Waals surface area contributed by atoms with Gasteiger partial charge in [-0.3, -0.25) is 0 Å². The van der Waals surface area contributed by atoms with Crippen LogP contribution in [0.15, 0.2) is 18.2 Å². The molecule has 4 heteroatoms. The molecule has 0 amide bonds. The molecule has 20 heavy (non-hydrogen) atoms. The third-order valence-corrected chi connectivity index (χ3v) is 4.64. The summed E-state index contributed by atoms with van der Waals surface area (Å²) < 4.78 is 10.9. The van der Waals surface area contributed by atoms with Crippen LogP contribution in [-0.2, 0) is 5.60 Å². The van der Waals surface area contributed by atoms with E-state index in [-0.39, 0.29) is 0 Å². The maximum Gasteiger partial charge on any atom is 0.128 e.